The fourth-order valence-corrected chi connectivity index (χ4v) is 4.48. The van der Waals surface area contributed by atoms with Gasteiger partial charge in [0.05, 0.1) is 6.10 Å². The van der Waals surface area contributed by atoms with Gasteiger partial charge in [-0.3, -0.25) is 14.5 Å². The topological polar surface area (TPSA) is 84.4 Å². The van der Waals surface area contributed by atoms with Gasteiger partial charge in [-0.05, 0) is 44.0 Å². The first-order valence-corrected chi connectivity index (χ1v) is 12.7. The number of ether oxygens (including phenoxy) is 1. The lowest BCUT2D eigenvalue weighted by Gasteiger charge is -2.43. The number of hydrogen-bond acceptors (Lipinski definition) is 5. The highest BCUT2D eigenvalue weighted by molar-refractivity contribution is 8.45. The van der Waals surface area contributed by atoms with Crippen molar-refractivity contribution >= 4 is 39.3 Å². The monoisotopic (exact) mass is 582 g/mol. The van der Waals surface area contributed by atoms with E-state index in [4.69, 9.17) is 11.6 Å². The first kappa shape index (κ1) is 28.8. The van der Waals surface area contributed by atoms with E-state index in [-0.39, 0.29) is 30.5 Å². The molecule has 1 N–H and O–H groups in total. The molecule has 1 fully saturated rings. The van der Waals surface area contributed by atoms with Crippen LogP contribution in [0.4, 0.5) is 38.3 Å². The molecule has 0 aliphatic heterocycles. The van der Waals surface area contributed by atoms with E-state index in [0.717, 1.165) is 25.6 Å². The molecular formula is C20H19ClF8N4O3S. The fourth-order valence-electron chi connectivity index (χ4n) is 3.73. The molecule has 1 aliphatic rings. The predicted molar refractivity (Wildman–Crippen MR) is 117 cm³/mol. The van der Waals surface area contributed by atoms with Crippen molar-refractivity contribution in [2.75, 3.05) is 4.90 Å². The molecular weight excluding hydrogens is 564 g/mol. The first-order valence-electron chi connectivity index (χ1n) is 10.3. The van der Waals surface area contributed by atoms with E-state index in [2.05, 4.69) is 20.0 Å². The highest BCUT2D eigenvalue weighted by atomic mass is 35.5. The number of halogens is 9. The standard InChI is InChI=1S/C20H19ClF8N4O3S/c1-20(11-8-30-10-31-9-11,18(35)32-12-6-14(7-12)36-19(23)24)33(17(34)16(21)22)13-2-4-15(5-3-13)37(25,26,27,28)29/h2-5,8-10,12,14,16,19H,6-7H2,1H3,(H,32,35)/t12?,14?,16-,20-/m0/s1. The fraction of sp³-hybridized carbons (Fsp3) is 0.400. The lowest BCUT2D eigenvalue weighted by molar-refractivity contribution is -0.186. The SMILES string of the molecule is C[C@@](C(=O)NC1CC(OC(F)F)C1)(c1cncnc1)N(C(=O)[C@H](F)Cl)c1ccc(S(F)(F)(F)(F)F)cc1. The molecule has 1 saturated carbocycles. The number of nitrogens with one attached hydrogen (secondary N) is 1. The molecule has 3 rings (SSSR count). The molecule has 0 bridgehead atoms. The average molecular weight is 583 g/mol. The van der Waals surface area contributed by atoms with Crippen molar-refractivity contribution < 1.29 is 46.9 Å². The summed E-state index contributed by atoms with van der Waals surface area (Å²) < 4.78 is 109. The summed E-state index contributed by atoms with van der Waals surface area (Å²) in [6, 6.07) is 0.156. The van der Waals surface area contributed by atoms with Gasteiger partial charge in [0.1, 0.15) is 11.2 Å². The van der Waals surface area contributed by atoms with Crippen molar-refractivity contribution in [2.45, 2.75) is 54.6 Å². The van der Waals surface area contributed by atoms with E-state index >= 15 is 0 Å². The number of carbonyl (C=O) groups excluding carboxylic acids is 2. The molecule has 0 spiro atoms. The molecule has 0 radical (unpaired) electrons. The quantitative estimate of drug-likeness (QED) is 0.298. The van der Waals surface area contributed by atoms with E-state index in [1.165, 1.54) is 0 Å². The summed E-state index contributed by atoms with van der Waals surface area (Å²) in [5.41, 5.74) is -5.84. The number of rotatable bonds is 9. The number of nitrogens with zero attached hydrogens (tertiary/aromatic N) is 3. The second-order valence-electron chi connectivity index (χ2n) is 8.30. The van der Waals surface area contributed by atoms with Gasteiger partial charge in [-0.1, -0.05) is 31.0 Å². The molecule has 37 heavy (non-hydrogen) atoms. The summed E-state index contributed by atoms with van der Waals surface area (Å²) in [7, 11) is -10.1. The summed E-state index contributed by atoms with van der Waals surface area (Å²) in [4.78, 5) is 31.9. The van der Waals surface area contributed by atoms with E-state index in [1.807, 2.05) is 0 Å². The van der Waals surface area contributed by atoms with Gasteiger partial charge in [-0.2, -0.15) is 8.78 Å². The van der Waals surface area contributed by atoms with Crippen LogP contribution < -0.4 is 10.2 Å². The van der Waals surface area contributed by atoms with Crippen LogP contribution in [0.1, 0.15) is 25.3 Å². The smallest absolute Gasteiger partial charge is 0.345 e. The number of carbonyl (C=O) groups is 2. The second-order valence-corrected chi connectivity index (χ2v) is 11.1. The minimum atomic E-state index is -10.1. The van der Waals surface area contributed by atoms with E-state index in [9.17, 15) is 42.2 Å². The minimum absolute atomic E-state index is 0.0172. The Morgan fingerprint density at radius 2 is 1.62 bits per heavy atom. The van der Waals surface area contributed by atoms with E-state index in [0.29, 0.717) is 17.0 Å². The van der Waals surface area contributed by atoms with Crippen molar-refractivity contribution in [3.05, 3.63) is 48.5 Å². The second kappa shape index (κ2) is 9.23. The van der Waals surface area contributed by atoms with Crippen LogP contribution in [0.15, 0.2) is 47.9 Å². The first-order chi connectivity index (χ1) is 16.8. The molecule has 1 aromatic carbocycles. The van der Waals surface area contributed by atoms with Crippen molar-refractivity contribution in [1.29, 1.82) is 0 Å². The molecule has 1 aromatic heterocycles. The highest BCUT2D eigenvalue weighted by Gasteiger charge is 2.65. The molecule has 2 aromatic rings. The summed E-state index contributed by atoms with van der Waals surface area (Å²) >= 11 is 5.33. The van der Waals surface area contributed by atoms with Crippen LogP contribution in [0.25, 0.3) is 0 Å². The normalized spacial score (nSPS) is 22.1. The van der Waals surface area contributed by atoms with Gasteiger partial charge < -0.3 is 10.1 Å². The largest absolute Gasteiger partial charge is 0.351 e. The molecule has 206 valence electrons. The van der Waals surface area contributed by atoms with Crippen molar-refractivity contribution in [3.63, 3.8) is 0 Å². The number of benzene rings is 1. The minimum Gasteiger partial charge on any atom is -0.351 e. The third-order valence-corrected chi connectivity index (χ3v) is 7.03. The number of anilines is 1. The van der Waals surface area contributed by atoms with Crippen LogP contribution in [0.5, 0.6) is 0 Å². The van der Waals surface area contributed by atoms with Crippen LogP contribution in [0.3, 0.4) is 0 Å². The Balaban J connectivity index is 2.06. The summed E-state index contributed by atoms with van der Waals surface area (Å²) in [5, 5.41) is 2.48. The van der Waals surface area contributed by atoms with Gasteiger partial charge in [0.2, 0.25) is 0 Å². The molecule has 0 unspecified atom stereocenters. The Morgan fingerprint density at radius 1 is 1.08 bits per heavy atom. The van der Waals surface area contributed by atoms with Gasteiger partial charge in [-0.15, -0.1) is 0 Å². The average Bonchev–Trinajstić information content (AvgIpc) is 2.76. The third-order valence-electron chi connectivity index (χ3n) is 5.68. The molecule has 2 atom stereocenters. The van der Waals surface area contributed by atoms with Crippen LogP contribution >= 0.6 is 21.8 Å². The van der Waals surface area contributed by atoms with E-state index in [1.54, 1.807) is 0 Å². The molecule has 7 nitrogen and oxygen atoms in total. The summed E-state index contributed by atoms with van der Waals surface area (Å²) in [6.45, 7) is -1.97. The molecule has 0 saturated heterocycles. The Hall–Kier alpha value is -2.72. The Kier molecular flexibility index (Phi) is 7.20. The Morgan fingerprint density at radius 3 is 2.08 bits per heavy atom. The molecule has 17 heteroatoms. The van der Waals surface area contributed by atoms with Crippen molar-refractivity contribution in [3.8, 4) is 0 Å². The molecule has 1 aliphatic carbocycles. The maximum Gasteiger partial charge on any atom is 0.345 e. The summed E-state index contributed by atoms with van der Waals surface area (Å²) in [6.07, 6.45) is 2.22. The lowest BCUT2D eigenvalue weighted by atomic mass is 9.85. The van der Waals surface area contributed by atoms with Crippen LogP contribution in [0, 0.1) is 0 Å². The maximum absolute atomic E-state index is 14.1. The number of alkyl halides is 4. The lowest BCUT2D eigenvalue weighted by Crippen LogP contribution is -2.61. The zero-order valence-electron chi connectivity index (χ0n) is 18.6. The van der Waals surface area contributed by atoms with Crippen LogP contribution in [-0.4, -0.2) is 46.2 Å². The molecule has 1 heterocycles. The Bertz CT molecular complexity index is 1150. The number of hydrogen-bond donors (Lipinski definition) is 1. The highest BCUT2D eigenvalue weighted by Crippen LogP contribution is 3.02. The van der Waals surface area contributed by atoms with Crippen molar-refractivity contribution in [1.82, 2.24) is 15.3 Å². The maximum atomic E-state index is 14.1. The third kappa shape index (κ3) is 6.41. The van der Waals surface area contributed by atoms with E-state index < -0.39 is 62.5 Å². The van der Waals surface area contributed by atoms with Crippen LogP contribution in [-0.2, 0) is 19.9 Å². The molecule has 2 amide bonds. The van der Waals surface area contributed by atoms with Gasteiger partial charge in [0.15, 0.2) is 5.54 Å². The number of amides is 2. The zero-order valence-corrected chi connectivity index (χ0v) is 20.2. The Labute approximate surface area is 209 Å². The predicted octanol–water partition coefficient (Wildman–Crippen LogP) is 5.80. The van der Waals surface area contributed by atoms with Gasteiger partial charge in [0, 0.05) is 29.7 Å². The number of aromatic nitrogens is 2. The van der Waals surface area contributed by atoms with Gasteiger partial charge in [0.25, 0.3) is 17.4 Å². The van der Waals surface area contributed by atoms with Gasteiger partial charge >= 0.3 is 16.8 Å². The van der Waals surface area contributed by atoms with Crippen LogP contribution in [0.2, 0.25) is 0 Å². The van der Waals surface area contributed by atoms with Gasteiger partial charge in [-0.25, -0.2) is 14.4 Å². The summed E-state index contributed by atoms with van der Waals surface area (Å²) in [5.74, 6) is -2.65. The van der Waals surface area contributed by atoms with Crippen molar-refractivity contribution in [2.24, 2.45) is 0 Å². The zero-order chi connectivity index (χ0) is 27.9.